The van der Waals surface area contributed by atoms with Crippen molar-refractivity contribution >= 4 is 15.7 Å². The van der Waals surface area contributed by atoms with Crippen molar-refractivity contribution in [1.82, 2.24) is 5.32 Å². The molecule has 0 radical (unpaired) electrons. The summed E-state index contributed by atoms with van der Waals surface area (Å²) in [4.78, 5) is 11.9. The number of carbonyl (C=O) groups is 1. The van der Waals surface area contributed by atoms with Crippen LogP contribution < -0.4 is 5.32 Å². The van der Waals surface area contributed by atoms with E-state index in [4.69, 9.17) is 0 Å². The molecule has 0 spiro atoms. The molecule has 1 aliphatic carbocycles. The molecule has 1 aromatic rings. The molecule has 1 saturated carbocycles. The van der Waals surface area contributed by atoms with Crippen molar-refractivity contribution in [1.29, 1.82) is 0 Å². The van der Waals surface area contributed by atoms with Gasteiger partial charge >= 0.3 is 0 Å². The first-order valence-corrected chi connectivity index (χ1v) is 8.31. The zero-order valence-electron chi connectivity index (χ0n) is 11.5. The molecule has 1 aliphatic rings. The lowest BCUT2D eigenvalue weighted by molar-refractivity contribution is -0.117. The largest absolute Gasteiger partial charge is 0.350 e. The van der Waals surface area contributed by atoms with E-state index in [1.807, 2.05) is 0 Å². The number of amides is 1. The van der Waals surface area contributed by atoms with Crippen molar-refractivity contribution < 1.29 is 13.2 Å². The highest BCUT2D eigenvalue weighted by molar-refractivity contribution is 7.94. The molecule has 1 N–H and O–H groups in total. The van der Waals surface area contributed by atoms with E-state index >= 15 is 0 Å². The van der Waals surface area contributed by atoms with E-state index in [0.29, 0.717) is 5.92 Å². The number of sulfone groups is 1. The molecule has 5 heteroatoms. The fourth-order valence-corrected chi connectivity index (χ4v) is 3.42. The van der Waals surface area contributed by atoms with Gasteiger partial charge in [-0.3, -0.25) is 4.79 Å². The average molecular weight is 293 g/mol. The molecule has 0 aromatic heterocycles. The third-order valence-corrected chi connectivity index (χ3v) is 4.94. The van der Waals surface area contributed by atoms with Crippen LogP contribution in [0.5, 0.6) is 0 Å². The Balaban J connectivity index is 1.97. The van der Waals surface area contributed by atoms with Gasteiger partial charge in [-0.15, -0.1) is 0 Å². The molecule has 20 heavy (non-hydrogen) atoms. The topological polar surface area (TPSA) is 63.2 Å². The quantitative estimate of drug-likeness (QED) is 0.866. The SMILES string of the molecule is CC1CCC(NC(=O)/C=C/S(=O)(=O)c2ccccc2)C1. The minimum absolute atomic E-state index is 0.168. The van der Waals surface area contributed by atoms with Crippen LogP contribution in [0.3, 0.4) is 0 Å². The predicted octanol–water partition coefficient (Wildman–Crippen LogP) is 2.28. The van der Waals surface area contributed by atoms with Gasteiger partial charge in [-0.1, -0.05) is 25.1 Å². The van der Waals surface area contributed by atoms with Crippen molar-refractivity contribution in [3.63, 3.8) is 0 Å². The molecular weight excluding hydrogens is 274 g/mol. The van der Waals surface area contributed by atoms with Gasteiger partial charge in [0.15, 0.2) is 9.84 Å². The summed E-state index contributed by atoms with van der Waals surface area (Å²) in [5, 5.41) is 3.81. The van der Waals surface area contributed by atoms with Crippen molar-refractivity contribution in [2.24, 2.45) is 5.92 Å². The standard InChI is InChI=1S/C15H19NO3S/c1-12-7-8-13(11-12)16-15(17)9-10-20(18,19)14-5-3-2-4-6-14/h2-6,9-10,12-13H,7-8,11H2,1H3,(H,16,17)/b10-9+. The normalized spacial score (nSPS) is 23.1. The summed E-state index contributed by atoms with van der Waals surface area (Å²) >= 11 is 0. The van der Waals surface area contributed by atoms with Crippen molar-refractivity contribution in [2.45, 2.75) is 37.1 Å². The Morgan fingerprint density at radius 3 is 2.55 bits per heavy atom. The summed E-state index contributed by atoms with van der Waals surface area (Å²) in [5.74, 6) is 0.279. The van der Waals surface area contributed by atoms with Crippen molar-refractivity contribution in [3.05, 3.63) is 41.8 Å². The highest BCUT2D eigenvalue weighted by Gasteiger charge is 2.22. The van der Waals surface area contributed by atoms with Crippen LogP contribution in [0.1, 0.15) is 26.2 Å². The molecule has 0 saturated heterocycles. The molecule has 2 rings (SSSR count). The zero-order chi connectivity index (χ0) is 14.6. The summed E-state index contributed by atoms with van der Waals surface area (Å²) < 4.78 is 23.9. The van der Waals surface area contributed by atoms with Gasteiger partial charge in [0.2, 0.25) is 5.91 Å². The minimum atomic E-state index is -3.54. The summed E-state index contributed by atoms with van der Waals surface area (Å²) in [5.41, 5.74) is 0. The van der Waals surface area contributed by atoms with Gasteiger partial charge in [-0.2, -0.15) is 0 Å². The maximum absolute atomic E-state index is 12.0. The van der Waals surface area contributed by atoms with Crippen LogP contribution >= 0.6 is 0 Å². The molecular formula is C15H19NO3S. The van der Waals surface area contributed by atoms with Crippen LogP contribution in [0, 0.1) is 5.92 Å². The van der Waals surface area contributed by atoms with E-state index in [1.54, 1.807) is 18.2 Å². The molecule has 2 unspecified atom stereocenters. The van der Waals surface area contributed by atoms with Gasteiger partial charge in [0.25, 0.3) is 0 Å². The van der Waals surface area contributed by atoms with Crippen LogP contribution in [0.2, 0.25) is 0 Å². The third kappa shape index (κ3) is 3.93. The Morgan fingerprint density at radius 2 is 1.95 bits per heavy atom. The first kappa shape index (κ1) is 14.8. The van der Waals surface area contributed by atoms with Crippen molar-refractivity contribution in [2.75, 3.05) is 0 Å². The highest BCUT2D eigenvalue weighted by Crippen LogP contribution is 2.24. The fourth-order valence-electron chi connectivity index (χ4n) is 2.43. The second-order valence-electron chi connectivity index (χ2n) is 5.28. The van der Waals surface area contributed by atoms with Gasteiger partial charge in [0.05, 0.1) is 4.90 Å². The smallest absolute Gasteiger partial charge is 0.244 e. The molecule has 1 fully saturated rings. The number of nitrogens with one attached hydrogen (secondary N) is 1. The third-order valence-electron chi connectivity index (χ3n) is 3.51. The van der Waals surface area contributed by atoms with E-state index in [-0.39, 0.29) is 16.8 Å². The number of carbonyl (C=O) groups excluding carboxylic acids is 1. The Bertz CT molecular complexity index is 593. The monoisotopic (exact) mass is 293 g/mol. The maximum atomic E-state index is 12.0. The minimum Gasteiger partial charge on any atom is -0.350 e. The molecule has 4 nitrogen and oxygen atoms in total. The van der Waals surface area contributed by atoms with Crippen LogP contribution in [0.15, 0.2) is 46.7 Å². The lowest BCUT2D eigenvalue weighted by Gasteiger charge is -2.10. The van der Waals surface area contributed by atoms with Gasteiger partial charge < -0.3 is 5.32 Å². The Hall–Kier alpha value is -1.62. The number of hydrogen-bond donors (Lipinski definition) is 1. The summed E-state index contributed by atoms with van der Waals surface area (Å²) in [6.07, 6.45) is 4.14. The first-order valence-electron chi connectivity index (χ1n) is 6.76. The molecule has 1 aromatic carbocycles. The zero-order valence-corrected chi connectivity index (χ0v) is 12.3. The number of rotatable bonds is 4. The fraction of sp³-hybridized carbons (Fsp3) is 0.400. The van der Waals surface area contributed by atoms with Crippen LogP contribution in [0.4, 0.5) is 0 Å². The van der Waals surface area contributed by atoms with E-state index in [0.717, 1.165) is 30.7 Å². The van der Waals surface area contributed by atoms with Gasteiger partial charge in [-0.25, -0.2) is 8.42 Å². The van der Waals surface area contributed by atoms with E-state index in [2.05, 4.69) is 12.2 Å². The van der Waals surface area contributed by atoms with Gasteiger partial charge in [0.1, 0.15) is 0 Å². The van der Waals surface area contributed by atoms with E-state index < -0.39 is 9.84 Å². The maximum Gasteiger partial charge on any atom is 0.244 e. The summed E-state index contributed by atoms with van der Waals surface area (Å²) in [6.45, 7) is 2.15. The predicted molar refractivity (Wildman–Crippen MR) is 77.7 cm³/mol. The van der Waals surface area contributed by atoms with Crippen LogP contribution in [-0.4, -0.2) is 20.4 Å². The number of benzene rings is 1. The molecule has 0 heterocycles. The average Bonchev–Trinajstić information content (AvgIpc) is 2.83. The summed E-state index contributed by atoms with van der Waals surface area (Å²) in [6, 6.07) is 8.24. The van der Waals surface area contributed by atoms with Crippen LogP contribution in [-0.2, 0) is 14.6 Å². The van der Waals surface area contributed by atoms with Gasteiger partial charge in [-0.05, 0) is 37.3 Å². The summed E-state index contributed by atoms with van der Waals surface area (Å²) in [7, 11) is -3.54. The van der Waals surface area contributed by atoms with E-state index in [1.165, 1.54) is 12.1 Å². The van der Waals surface area contributed by atoms with Crippen molar-refractivity contribution in [3.8, 4) is 0 Å². The van der Waals surface area contributed by atoms with Crippen LogP contribution in [0.25, 0.3) is 0 Å². The highest BCUT2D eigenvalue weighted by atomic mass is 32.2. The second kappa shape index (κ2) is 6.22. The van der Waals surface area contributed by atoms with E-state index in [9.17, 15) is 13.2 Å². The Kier molecular flexibility index (Phi) is 4.60. The van der Waals surface area contributed by atoms with Gasteiger partial charge in [0, 0.05) is 17.5 Å². The molecule has 2 atom stereocenters. The Labute approximate surface area is 119 Å². The molecule has 1 amide bonds. The molecule has 0 aliphatic heterocycles. The number of hydrogen-bond acceptors (Lipinski definition) is 3. The molecule has 0 bridgehead atoms. The lowest BCUT2D eigenvalue weighted by Crippen LogP contribution is -2.31. The Morgan fingerprint density at radius 1 is 1.25 bits per heavy atom. The lowest BCUT2D eigenvalue weighted by atomic mass is 10.1. The first-order chi connectivity index (χ1) is 9.47. The second-order valence-corrected chi connectivity index (χ2v) is 7.12. The molecule has 108 valence electrons.